The van der Waals surface area contributed by atoms with Crippen molar-refractivity contribution in [3.63, 3.8) is 0 Å². The van der Waals surface area contributed by atoms with Crippen LogP contribution in [-0.2, 0) is 9.53 Å². The normalized spacial score (nSPS) is 19.8. The second-order valence-corrected chi connectivity index (χ2v) is 6.70. The van der Waals surface area contributed by atoms with Gasteiger partial charge in [0.15, 0.2) is 0 Å². The Morgan fingerprint density at radius 3 is 2.48 bits per heavy atom. The van der Waals surface area contributed by atoms with Gasteiger partial charge in [0.25, 0.3) is 0 Å². The van der Waals surface area contributed by atoms with Gasteiger partial charge < -0.3 is 15.4 Å². The van der Waals surface area contributed by atoms with Gasteiger partial charge in [-0.3, -0.25) is 4.79 Å². The Hall–Kier alpha value is -1.39. The van der Waals surface area contributed by atoms with Crippen LogP contribution in [-0.4, -0.2) is 31.2 Å². The molecule has 2 rings (SSSR count). The smallest absolute Gasteiger partial charge is 0.222 e. The zero-order valence-electron chi connectivity index (χ0n) is 14.6. The van der Waals surface area contributed by atoms with Crippen LogP contribution in [0, 0.1) is 5.92 Å². The van der Waals surface area contributed by atoms with Crippen LogP contribution in [0.2, 0.25) is 0 Å². The van der Waals surface area contributed by atoms with Crippen molar-refractivity contribution < 1.29 is 9.53 Å². The first kappa shape index (κ1) is 18.0. The third-order valence-electron chi connectivity index (χ3n) is 4.93. The fourth-order valence-electron chi connectivity index (χ4n) is 3.03. The second-order valence-electron chi connectivity index (χ2n) is 6.70. The molecule has 1 fully saturated rings. The lowest BCUT2D eigenvalue weighted by atomic mass is 9.88. The number of ether oxygens (including phenoxy) is 1. The summed E-state index contributed by atoms with van der Waals surface area (Å²) in [5, 5.41) is 6.91. The van der Waals surface area contributed by atoms with Gasteiger partial charge in [-0.25, -0.2) is 0 Å². The van der Waals surface area contributed by atoms with Crippen LogP contribution in [0.5, 0.6) is 0 Å². The lowest BCUT2D eigenvalue weighted by Gasteiger charge is -2.40. The van der Waals surface area contributed by atoms with Crippen molar-refractivity contribution in [1.82, 2.24) is 10.6 Å². The Kier molecular flexibility index (Phi) is 6.60. The minimum atomic E-state index is -0.0867. The third kappa shape index (κ3) is 5.05. The van der Waals surface area contributed by atoms with Gasteiger partial charge in [-0.05, 0) is 31.7 Å². The highest BCUT2D eigenvalue weighted by Crippen LogP contribution is 2.25. The van der Waals surface area contributed by atoms with Crippen LogP contribution < -0.4 is 10.6 Å². The molecule has 1 aromatic rings. The molecule has 0 aromatic heterocycles. The van der Waals surface area contributed by atoms with Crippen LogP contribution >= 0.6 is 0 Å². The molecule has 1 heterocycles. The molecular formula is C19H30N2O2. The first-order valence-electron chi connectivity index (χ1n) is 8.74. The fourth-order valence-corrected chi connectivity index (χ4v) is 3.03. The van der Waals surface area contributed by atoms with Gasteiger partial charge in [0, 0.05) is 37.3 Å². The van der Waals surface area contributed by atoms with E-state index in [9.17, 15) is 4.79 Å². The minimum Gasteiger partial charge on any atom is -0.381 e. The second kappa shape index (κ2) is 8.46. The third-order valence-corrected chi connectivity index (χ3v) is 4.93. The van der Waals surface area contributed by atoms with E-state index in [0.29, 0.717) is 6.54 Å². The number of hydrogen-bond acceptors (Lipinski definition) is 3. The summed E-state index contributed by atoms with van der Waals surface area (Å²) in [5.41, 5.74) is 1.18. The van der Waals surface area contributed by atoms with Crippen LogP contribution in [0.15, 0.2) is 30.3 Å². The molecule has 128 valence electrons. The Bertz CT molecular complexity index is 483. The largest absolute Gasteiger partial charge is 0.381 e. The molecule has 0 saturated carbocycles. The van der Waals surface area contributed by atoms with E-state index in [1.165, 1.54) is 5.56 Å². The Morgan fingerprint density at radius 2 is 1.87 bits per heavy atom. The molecule has 0 aliphatic carbocycles. The predicted octanol–water partition coefficient (Wildman–Crippen LogP) is 3.05. The Morgan fingerprint density at radius 1 is 1.22 bits per heavy atom. The monoisotopic (exact) mass is 318 g/mol. The molecule has 0 radical (unpaired) electrons. The minimum absolute atomic E-state index is 0.0680. The van der Waals surface area contributed by atoms with Gasteiger partial charge >= 0.3 is 0 Å². The van der Waals surface area contributed by atoms with Gasteiger partial charge in [-0.15, -0.1) is 0 Å². The Labute approximate surface area is 140 Å². The number of carbonyl (C=O) groups is 1. The van der Waals surface area contributed by atoms with Crippen LogP contribution in [0.25, 0.3) is 0 Å². The van der Waals surface area contributed by atoms with Crippen LogP contribution in [0.3, 0.4) is 0 Å². The van der Waals surface area contributed by atoms with Crippen molar-refractivity contribution in [3.05, 3.63) is 35.9 Å². The average Bonchev–Trinajstić information content (AvgIpc) is 2.60. The maximum Gasteiger partial charge on any atom is 0.222 e. The fraction of sp³-hybridized carbons (Fsp3) is 0.632. The number of amides is 1. The molecule has 4 nitrogen and oxygen atoms in total. The highest BCUT2D eigenvalue weighted by molar-refractivity contribution is 5.78. The predicted molar refractivity (Wildman–Crippen MR) is 93.2 cm³/mol. The molecule has 4 heteroatoms. The van der Waals surface area contributed by atoms with Gasteiger partial charge in [-0.1, -0.05) is 44.2 Å². The van der Waals surface area contributed by atoms with E-state index in [1.54, 1.807) is 0 Å². The summed E-state index contributed by atoms with van der Waals surface area (Å²) in [7, 11) is 0. The zero-order chi connectivity index (χ0) is 16.7. The molecule has 23 heavy (non-hydrogen) atoms. The quantitative estimate of drug-likeness (QED) is 0.812. The summed E-state index contributed by atoms with van der Waals surface area (Å²) >= 11 is 0. The van der Waals surface area contributed by atoms with E-state index in [2.05, 4.69) is 41.8 Å². The van der Waals surface area contributed by atoms with Crippen molar-refractivity contribution >= 4 is 5.91 Å². The lowest BCUT2D eigenvalue weighted by molar-refractivity contribution is -0.125. The lowest BCUT2D eigenvalue weighted by Crippen LogP contribution is -2.57. The molecule has 1 aliphatic heterocycles. The molecule has 1 aliphatic rings. The van der Waals surface area contributed by atoms with Gasteiger partial charge in [0.1, 0.15) is 0 Å². The zero-order valence-corrected chi connectivity index (χ0v) is 14.6. The van der Waals surface area contributed by atoms with Gasteiger partial charge in [-0.2, -0.15) is 0 Å². The molecule has 0 spiro atoms. The number of carbonyl (C=O) groups excluding carboxylic acids is 1. The molecule has 2 N–H and O–H groups in total. The topological polar surface area (TPSA) is 50.4 Å². The molecule has 0 bridgehead atoms. The summed E-state index contributed by atoms with van der Waals surface area (Å²) in [6.45, 7) is 8.36. The van der Waals surface area contributed by atoms with Crippen molar-refractivity contribution in [2.75, 3.05) is 19.8 Å². The maximum atomic E-state index is 12.1. The van der Waals surface area contributed by atoms with Crippen molar-refractivity contribution in [2.45, 2.75) is 51.6 Å². The van der Waals surface area contributed by atoms with Crippen molar-refractivity contribution in [2.24, 2.45) is 5.92 Å². The Balaban J connectivity index is 2.02. The van der Waals surface area contributed by atoms with E-state index in [4.69, 9.17) is 4.74 Å². The molecule has 0 unspecified atom stereocenters. The SMILES string of the molecule is CC[C@H](C)C(=O)NCC1(N[C@@H](C)c2ccccc2)CCOCC1. The summed E-state index contributed by atoms with van der Waals surface area (Å²) in [4.78, 5) is 12.1. The highest BCUT2D eigenvalue weighted by atomic mass is 16.5. The summed E-state index contributed by atoms with van der Waals surface area (Å²) in [6.07, 6.45) is 2.71. The van der Waals surface area contributed by atoms with Crippen molar-refractivity contribution in [1.29, 1.82) is 0 Å². The van der Waals surface area contributed by atoms with Gasteiger partial charge in [0.05, 0.1) is 0 Å². The van der Waals surface area contributed by atoms with E-state index in [-0.39, 0.29) is 23.4 Å². The van der Waals surface area contributed by atoms with E-state index >= 15 is 0 Å². The molecule has 1 saturated heterocycles. The summed E-state index contributed by atoms with van der Waals surface area (Å²) in [5.74, 6) is 0.214. The number of hydrogen-bond donors (Lipinski definition) is 2. The van der Waals surface area contributed by atoms with Gasteiger partial charge in [0.2, 0.25) is 5.91 Å². The first-order chi connectivity index (χ1) is 11.1. The number of nitrogens with one attached hydrogen (secondary N) is 2. The van der Waals surface area contributed by atoms with E-state index in [0.717, 1.165) is 32.5 Å². The molecule has 1 amide bonds. The summed E-state index contributed by atoms with van der Waals surface area (Å²) < 4.78 is 5.53. The maximum absolute atomic E-state index is 12.1. The standard InChI is InChI=1S/C19H30N2O2/c1-4-15(2)18(22)20-14-19(10-12-23-13-11-19)21-16(3)17-8-6-5-7-9-17/h5-9,15-16,21H,4,10-14H2,1-3H3,(H,20,22)/t15-,16-/m0/s1. The number of benzene rings is 1. The summed E-state index contributed by atoms with van der Waals surface area (Å²) in [6, 6.07) is 10.7. The average molecular weight is 318 g/mol. The first-order valence-corrected chi connectivity index (χ1v) is 8.74. The van der Waals surface area contributed by atoms with Crippen LogP contribution in [0.1, 0.15) is 51.6 Å². The number of rotatable bonds is 7. The van der Waals surface area contributed by atoms with Crippen molar-refractivity contribution in [3.8, 4) is 0 Å². The van der Waals surface area contributed by atoms with Crippen LogP contribution in [0.4, 0.5) is 0 Å². The van der Waals surface area contributed by atoms with E-state index < -0.39 is 0 Å². The highest BCUT2D eigenvalue weighted by Gasteiger charge is 2.34. The van der Waals surface area contributed by atoms with E-state index in [1.807, 2.05) is 19.9 Å². The molecule has 2 atom stereocenters. The molecule has 1 aromatic carbocycles. The molecular weight excluding hydrogens is 288 g/mol.